The summed E-state index contributed by atoms with van der Waals surface area (Å²) in [5.41, 5.74) is 1.41. The van der Waals surface area contributed by atoms with Crippen LogP contribution in [0.25, 0.3) is 0 Å². The lowest BCUT2D eigenvalue weighted by Crippen LogP contribution is -2.26. The highest BCUT2D eigenvalue weighted by Crippen LogP contribution is 2.52. The number of H-pyrrole nitrogens is 1. The monoisotopic (exact) mass is 445 g/mol. The summed E-state index contributed by atoms with van der Waals surface area (Å²) >= 11 is 0. The first-order valence-electron chi connectivity index (χ1n) is 11.8. The van der Waals surface area contributed by atoms with Gasteiger partial charge in [0.25, 0.3) is 0 Å². The molecule has 32 heavy (non-hydrogen) atoms. The zero-order valence-electron chi connectivity index (χ0n) is 19.8. The second kappa shape index (κ2) is 8.87. The van der Waals surface area contributed by atoms with E-state index in [4.69, 9.17) is 9.26 Å². The largest absolute Gasteiger partial charge is 0.460 e. The van der Waals surface area contributed by atoms with Gasteiger partial charge < -0.3 is 9.26 Å². The molecule has 0 aromatic carbocycles. The molecule has 0 unspecified atom stereocenters. The molecular formula is C24H35N3O5. The van der Waals surface area contributed by atoms with E-state index in [9.17, 15) is 9.59 Å². The van der Waals surface area contributed by atoms with Crippen LogP contribution in [0.15, 0.2) is 13.8 Å². The van der Waals surface area contributed by atoms with Crippen molar-refractivity contribution >= 4 is 5.97 Å². The molecule has 0 bridgehead atoms. The maximum absolute atomic E-state index is 12.7. The third-order valence-corrected chi connectivity index (χ3v) is 6.33. The first kappa shape index (κ1) is 22.8. The van der Waals surface area contributed by atoms with Gasteiger partial charge in [0, 0.05) is 23.8 Å². The van der Waals surface area contributed by atoms with Crippen molar-refractivity contribution in [2.75, 3.05) is 0 Å². The van der Waals surface area contributed by atoms with E-state index in [0.717, 1.165) is 43.1 Å². The molecule has 0 aliphatic heterocycles. The highest BCUT2D eigenvalue weighted by atomic mass is 16.6. The van der Waals surface area contributed by atoms with Crippen LogP contribution in [-0.4, -0.2) is 26.9 Å². The number of carbonyl (C=O) groups excluding carboxylic acids is 1. The van der Waals surface area contributed by atoms with Crippen molar-refractivity contribution in [2.45, 2.75) is 103 Å². The van der Waals surface area contributed by atoms with Crippen LogP contribution in [0.2, 0.25) is 0 Å². The van der Waals surface area contributed by atoms with Gasteiger partial charge in [0.05, 0.1) is 12.1 Å². The molecule has 2 aliphatic carbocycles. The van der Waals surface area contributed by atoms with E-state index in [-0.39, 0.29) is 18.3 Å². The Kier molecular flexibility index (Phi) is 6.32. The Labute approximate surface area is 188 Å². The zero-order valence-corrected chi connectivity index (χ0v) is 19.8. The predicted octanol–water partition coefficient (Wildman–Crippen LogP) is 4.83. The van der Waals surface area contributed by atoms with Crippen molar-refractivity contribution in [3.05, 3.63) is 33.4 Å². The molecule has 2 fully saturated rings. The summed E-state index contributed by atoms with van der Waals surface area (Å²) in [6, 6.07) is 0. The Hall–Kier alpha value is -2.38. The SMILES string of the molecule is CC(C)CC1CC(c2onc([C@H](CC(=O)OC(C)(C)C)Cc3noc(=O)[nH]3)c2C2CC2)C1. The normalized spacial score (nSPS) is 22.1. The molecule has 1 atom stereocenters. The Morgan fingerprint density at radius 3 is 2.44 bits per heavy atom. The smallest absolute Gasteiger partial charge is 0.438 e. The standard InChI is InChI=1S/C24H35N3O5/c1-13(2)8-14-9-17(10-14)22-20(15-6-7-15)21(27-31-22)16(11-18-25-23(29)32-26-18)12-19(28)30-24(3,4)5/h13-17H,6-12H2,1-5H3,(H,25,26,29)/t14?,16-,17?/m0/s1. The summed E-state index contributed by atoms with van der Waals surface area (Å²) in [5.74, 6) is 2.49. The first-order valence-corrected chi connectivity index (χ1v) is 11.8. The van der Waals surface area contributed by atoms with Crippen LogP contribution in [0.5, 0.6) is 0 Å². The van der Waals surface area contributed by atoms with E-state index < -0.39 is 11.4 Å². The lowest BCUT2D eigenvalue weighted by atomic mass is 9.69. The third-order valence-electron chi connectivity index (χ3n) is 6.33. The molecule has 176 valence electrons. The minimum atomic E-state index is -0.607. The van der Waals surface area contributed by atoms with Gasteiger partial charge in [0.2, 0.25) is 0 Å². The lowest BCUT2D eigenvalue weighted by molar-refractivity contribution is -0.155. The first-order chi connectivity index (χ1) is 15.1. The lowest BCUT2D eigenvalue weighted by Gasteiger charge is -2.35. The van der Waals surface area contributed by atoms with Gasteiger partial charge in [0.1, 0.15) is 11.4 Å². The number of esters is 1. The van der Waals surface area contributed by atoms with Gasteiger partial charge in [-0.2, -0.15) is 0 Å². The van der Waals surface area contributed by atoms with Gasteiger partial charge in [-0.05, 0) is 70.6 Å². The maximum Gasteiger partial charge on any atom is 0.438 e. The zero-order chi connectivity index (χ0) is 23.0. The molecule has 2 aromatic heterocycles. The molecular weight excluding hydrogens is 410 g/mol. The molecule has 8 heteroatoms. The van der Waals surface area contributed by atoms with E-state index in [2.05, 4.69) is 33.7 Å². The molecule has 0 radical (unpaired) electrons. The second-order valence-electron chi connectivity index (χ2n) is 11.0. The minimum Gasteiger partial charge on any atom is -0.460 e. The number of aromatic nitrogens is 3. The number of aromatic amines is 1. The van der Waals surface area contributed by atoms with Crippen LogP contribution >= 0.6 is 0 Å². The summed E-state index contributed by atoms with van der Waals surface area (Å²) in [7, 11) is 0. The van der Waals surface area contributed by atoms with Gasteiger partial charge in [-0.3, -0.25) is 14.3 Å². The number of hydrogen-bond donors (Lipinski definition) is 1. The quantitative estimate of drug-likeness (QED) is 0.550. The summed E-state index contributed by atoms with van der Waals surface area (Å²) in [5, 5.41) is 8.29. The topological polar surface area (TPSA) is 111 Å². The number of hydrogen-bond acceptors (Lipinski definition) is 7. The van der Waals surface area contributed by atoms with Crippen LogP contribution in [-0.2, 0) is 16.0 Å². The number of carbonyl (C=O) groups is 1. The number of nitrogens with one attached hydrogen (secondary N) is 1. The molecule has 0 spiro atoms. The second-order valence-corrected chi connectivity index (χ2v) is 11.0. The van der Waals surface area contributed by atoms with Gasteiger partial charge in [-0.1, -0.05) is 24.2 Å². The van der Waals surface area contributed by atoms with Crippen LogP contribution in [0.3, 0.4) is 0 Å². The molecule has 2 aromatic rings. The molecule has 0 amide bonds. The highest BCUT2D eigenvalue weighted by Gasteiger charge is 2.42. The van der Waals surface area contributed by atoms with Crippen LogP contribution in [0.1, 0.15) is 114 Å². The van der Waals surface area contributed by atoms with Gasteiger partial charge in [-0.15, -0.1) is 0 Å². The maximum atomic E-state index is 12.7. The number of ether oxygens (including phenoxy) is 1. The number of nitrogens with zero attached hydrogens (tertiary/aromatic N) is 2. The Morgan fingerprint density at radius 2 is 1.88 bits per heavy atom. The highest BCUT2D eigenvalue weighted by molar-refractivity contribution is 5.71. The Balaban J connectivity index is 1.58. The predicted molar refractivity (Wildman–Crippen MR) is 117 cm³/mol. The van der Waals surface area contributed by atoms with E-state index >= 15 is 0 Å². The molecule has 2 aliphatic rings. The van der Waals surface area contributed by atoms with Gasteiger partial charge in [-0.25, -0.2) is 4.79 Å². The van der Waals surface area contributed by atoms with E-state index in [0.29, 0.717) is 30.0 Å². The fourth-order valence-electron chi connectivity index (χ4n) is 4.93. The van der Waals surface area contributed by atoms with Crippen LogP contribution in [0, 0.1) is 11.8 Å². The fourth-order valence-corrected chi connectivity index (χ4v) is 4.93. The summed E-state index contributed by atoms with van der Waals surface area (Å²) in [6.45, 7) is 10.1. The molecule has 2 heterocycles. The average Bonchev–Trinajstić information content (AvgIpc) is 3.25. The molecule has 1 N–H and O–H groups in total. The Morgan fingerprint density at radius 1 is 1.16 bits per heavy atom. The molecule has 0 saturated heterocycles. The number of rotatable bonds is 9. The van der Waals surface area contributed by atoms with Gasteiger partial charge in [0.15, 0.2) is 5.82 Å². The average molecular weight is 446 g/mol. The molecule has 2 saturated carbocycles. The van der Waals surface area contributed by atoms with E-state index in [1.807, 2.05) is 20.8 Å². The van der Waals surface area contributed by atoms with Crippen molar-refractivity contribution in [1.29, 1.82) is 0 Å². The van der Waals surface area contributed by atoms with Gasteiger partial charge >= 0.3 is 11.7 Å². The summed E-state index contributed by atoms with van der Waals surface area (Å²) in [4.78, 5) is 26.7. The summed E-state index contributed by atoms with van der Waals surface area (Å²) < 4.78 is 16.2. The Bertz CT molecular complexity index is 986. The van der Waals surface area contributed by atoms with Crippen molar-refractivity contribution in [1.82, 2.24) is 15.3 Å². The minimum absolute atomic E-state index is 0.137. The third kappa shape index (κ3) is 5.51. The van der Waals surface area contributed by atoms with Crippen molar-refractivity contribution in [2.24, 2.45) is 11.8 Å². The van der Waals surface area contributed by atoms with Crippen LogP contribution < -0.4 is 5.76 Å². The molecule has 4 rings (SSSR count). The fraction of sp³-hybridized carbons (Fsp3) is 0.750. The van der Waals surface area contributed by atoms with E-state index in [1.54, 1.807) is 0 Å². The van der Waals surface area contributed by atoms with E-state index in [1.165, 1.54) is 12.0 Å². The molecule has 8 nitrogen and oxygen atoms in total. The van der Waals surface area contributed by atoms with Crippen LogP contribution in [0.4, 0.5) is 0 Å². The van der Waals surface area contributed by atoms with Crippen molar-refractivity contribution in [3.63, 3.8) is 0 Å². The van der Waals surface area contributed by atoms with Crippen molar-refractivity contribution in [3.8, 4) is 0 Å². The van der Waals surface area contributed by atoms with Crippen molar-refractivity contribution < 1.29 is 18.6 Å². The summed E-state index contributed by atoms with van der Waals surface area (Å²) in [6.07, 6.45) is 6.22.